The van der Waals surface area contributed by atoms with E-state index in [0.717, 1.165) is 24.3 Å². The molecule has 0 bridgehead atoms. The molecule has 0 saturated carbocycles. The first-order chi connectivity index (χ1) is 7.78. The Labute approximate surface area is 100 Å². The average Bonchev–Trinajstić information content (AvgIpc) is 2.73. The Morgan fingerprint density at radius 3 is 2.56 bits per heavy atom. The van der Waals surface area contributed by atoms with Gasteiger partial charge >= 0.3 is 0 Å². The number of hydrogen-bond acceptors (Lipinski definition) is 3. The van der Waals surface area contributed by atoms with Crippen LogP contribution >= 0.6 is 12.6 Å². The van der Waals surface area contributed by atoms with Gasteiger partial charge in [0.05, 0.1) is 7.11 Å². The smallest absolute Gasteiger partial charge is 0.162 e. The van der Waals surface area contributed by atoms with E-state index in [1.807, 2.05) is 18.3 Å². The van der Waals surface area contributed by atoms with E-state index in [4.69, 9.17) is 4.74 Å². The number of imidazole rings is 1. The highest BCUT2D eigenvalue weighted by Gasteiger charge is 1.99. The summed E-state index contributed by atoms with van der Waals surface area (Å²) >= 11 is 4.13. The molecule has 1 aromatic heterocycles. The Bertz CT molecular complexity index is 450. The van der Waals surface area contributed by atoms with E-state index in [1.165, 1.54) is 5.56 Å². The molecule has 0 aliphatic rings. The van der Waals surface area contributed by atoms with Crippen molar-refractivity contribution in [2.75, 3.05) is 7.11 Å². The highest BCUT2D eigenvalue weighted by atomic mass is 32.1. The van der Waals surface area contributed by atoms with Gasteiger partial charge in [-0.3, -0.25) is 0 Å². The first kappa shape index (κ1) is 11.1. The van der Waals surface area contributed by atoms with E-state index in [1.54, 1.807) is 7.11 Å². The molecule has 0 aliphatic carbocycles. The minimum atomic E-state index is 0.671. The Morgan fingerprint density at radius 2 is 2.00 bits per heavy atom. The van der Waals surface area contributed by atoms with E-state index in [2.05, 4.69) is 34.7 Å². The number of benzene rings is 1. The van der Waals surface area contributed by atoms with Gasteiger partial charge in [0.2, 0.25) is 0 Å². The zero-order chi connectivity index (χ0) is 11.4. The Kier molecular flexibility index (Phi) is 3.51. The number of rotatable bonds is 4. The number of nitrogens with zero attached hydrogens (tertiary/aromatic N) is 1. The molecular weight excluding hydrogens is 220 g/mol. The van der Waals surface area contributed by atoms with Crippen LogP contribution in [0.1, 0.15) is 11.3 Å². The number of aromatic amines is 1. The minimum Gasteiger partial charge on any atom is -0.497 e. The summed E-state index contributed by atoms with van der Waals surface area (Å²) in [7, 11) is 1.67. The number of H-pyrrole nitrogens is 1. The predicted octanol–water partition coefficient (Wildman–Crippen LogP) is 2.49. The summed E-state index contributed by atoms with van der Waals surface area (Å²) in [6, 6.07) is 8.12. The number of hydrogen-bond donors (Lipinski definition) is 2. The highest BCUT2D eigenvalue weighted by molar-refractivity contribution is 7.80. The van der Waals surface area contributed by atoms with Gasteiger partial charge in [0.25, 0.3) is 0 Å². The van der Waals surface area contributed by atoms with E-state index in [0.29, 0.717) is 5.16 Å². The fraction of sp³-hybridized carbons (Fsp3) is 0.250. The van der Waals surface area contributed by atoms with Crippen LogP contribution in [-0.4, -0.2) is 17.1 Å². The van der Waals surface area contributed by atoms with Crippen molar-refractivity contribution in [1.29, 1.82) is 0 Å². The topological polar surface area (TPSA) is 37.9 Å². The lowest BCUT2D eigenvalue weighted by Crippen LogP contribution is -1.91. The lowest BCUT2D eigenvalue weighted by atomic mass is 10.1. The lowest BCUT2D eigenvalue weighted by Gasteiger charge is -2.02. The van der Waals surface area contributed by atoms with Crippen LogP contribution in [-0.2, 0) is 12.8 Å². The van der Waals surface area contributed by atoms with Crippen LogP contribution in [0.2, 0.25) is 0 Å². The minimum absolute atomic E-state index is 0.671. The molecule has 2 aromatic rings. The quantitative estimate of drug-likeness (QED) is 0.798. The second-order valence-corrected chi connectivity index (χ2v) is 4.00. The number of aromatic nitrogens is 2. The average molecular weight is 234 g/mol. The van der Waals surface area contributed by atoms with Crippen LogP contribution in [0.4, 0.5) is 0 Å². The molecule has 1 aromatic carbocycles. The molecule has 2 rings (SSSR count). The van der Waals surface area contributed by atoms with Gasteiger partial charge in [0.1, 0.15) is 5.75 Å². The van der Waals surface area contributed by atoms with Crippen LogP contribution < -0.4 is 4.74 Å². The first-order valence-electron chi connectivity index (χ1n) is 5.13. The number of ether oxygens (including phenoxy) is 1. The molecule has 1 heterocycles. The van der Waals surface area contributed by atoms with Crippen molar-refractivity contribution in [1.82, 2.24) is 9.97 Å². The lowest BCUT2D eigenvalue weighted by molar-refractivity contribution is 0.414. The monoisotopic (exact) mass is 234 g/mol. The molecule has 0 fully saturated rings. The fourth-order valence-corrected chi connectivity index (χ4v) is 1.75. The van der Waals surface area contributed by atoms with Crippen LogP contribution in [0, 0.1) is 0 Å². The van der Waals surface area contributed by atoms with Crippen molar-refractivity contribution < 1.29 is 4.74 Å². The van der Waals surface area contributed by atoms with E-state index in [9.17, 15) is 0 Å². The van der Waals surface area contributed by atoms with Gasteiger partial charge in [0.15, 0.2) is 5.16 Å². The molecular formula is C12H14N2OS. The van der Waals surface area contributed by atoms with Crippen LogP contribution in [0.15, 0.2) is 35.6 Å². The van der Waals surface area contributed by atoms with Crippen molar-refractivity contribution in [3.63, 3.8) is 0 Å². The second-order valence-electron chi connectivity index (χ2n) is 3.58. The molecule has 0 amide bonds. The molecule has 1 N–H and O–H groups in total. The fourth-order valence-electron chi connectivity index (χ4n) is 1.55. The molecule has 0 radical (unpaired) electrons. The summed E-state index contributed by atoms with van der Waals surface area (Å²) in [6.07, 6.45) is 3.76. The van der Waals surface area contributed by atoms with Crippen LogP contribution in [0.25, 0.3) is 0 Å². The largest absolute Gasteiger partial charge is 0.497 e. The zero-order valence-electron chi connectivity index (χ0n) is 9.10. The number of thiol groups is 1. The van der Waals surface area contributed by atoms with Gasteiger partial charge in [0, 0.05) is 11.9 Å². The summed E-state index contributed by atoms with van der Waals surface area (Å²) < 4.78 is 5.11. The number of aryl methyl sites for hydroxylation is 2. The molecule has 0 atom stereocenters. The Balaban J connectivity index is 1.94. The first-order valence-corrected chi connectivity index (χ1v) is 5.58. The third-order valence-corrected chi connectivity index (χ3v) is 2.68. The van der Waals surface area contributed by atoms with Crippen molar-refractivity contribution in [2.24, 2.45) is 0 Å². The Morgan fingerprint density at radius 1 is 1.25 bits per heavy atom. The SMILES string of the molecule is COc1ccc(CCc2cnc(S)[nH]2)cc1. The summed E-state index contributed by atoms with van der Waals surface area (Å²) in [5.74, 6) is 0.892. The third kappa shape index (κ3) is 2.79. The summed E-state index contributed by atoms with van der Waals surface area (Å²) in [4.78, 5) is 7.14. The number of methoxy groups -OCH3 is 1. The van der Waals surface area contributed by atoms with Crippen molar-refractivity contribution in [2.45, 2.75) is 18.0 Å². The van der Waals surface area contributed by atoms with Crippen molar-refractivity contribution >= 4 is 12.6 Å². The third-order valence-electron chi connectivity index (χ3n) is 2.46. The maximum atomic E-state index is 5.11. The van der Waals surface area contributed by atoms with Gasteiger partial charge in [-0.05, 0) is 30.5 Å². The zero-order valence-corrected chi connectivity index (χ0v) is 10.00. The molecule has 84 valence electrons. The summed E-state index contributed by atoms with van der Waals surface area (Å²) in [6.45, 7) is 0. The van der Waals surface area contributed by atoms with Crippen LogP contribution in [0.3, 0.4) is 0 Å². The van der Waals surface area contributed by atoms with Gasteiger partial charge in [-0.15, -0.1) is 12.6 Å². The standard InChI is InChI=1S/C12H14N2OS/c1-15-11-6-3-9(4-7-11)2-5-10-8-13-12(16)14-10/h3-4,6-8H,2,5H2,1H3,(H2,13,14,16). The summed E-state index contributed by atoms with van der Waals surface area (Å²) in [5.41, 5.74) is 2.40. The molecule has 16 heavy (non-hydrogen) atoms. The van der Waals surface area contributed by atoms with Crippen molar-refractivity contribution in [3.05, 3.63) is 41.7 Å². The molecule has 4 heteroatoms. The normalized spacial score (nSPS) is 10.4. The molecule has 0 saturated heterocycles. The highest BCUT2D eigenvalue weighted by Crippen LogP contribution is 2.13. The van der Waals surface area contributed by atoms with E-state index < -0.39 is 0 Å². The molecule has 0 aliphatic heterocycles. The molecule has 0 unspecified atom stereocenters. The molecule has 3 nitrogen and oxygen atoms in total. The van der Waals surface area contributed by atoms with Gasteiger partial charge in [-0.25, -0.2) is 4.98 Å². The van der Waals surface area contributed by atoms with E-state index >= 15 is 0 Å². The summed E-state index contributed by atoms with van der Waals surface area (Å²) in [5, 5.41) is 0.671. The second kappa shape index (κ2) is 5.07. The number of nitrogens with one attached hydrogen (secondary N) is 1. The van der Waals surface area contributed by atoms with Crippen LogP contribution in [0.5, 0.6) is 5.75 Å². The maximum Gasteiger partial charge on any atom is 0.162 e. The molecule has 0 spiro atoms. The Hall–Kier alpha value is -1.42. The van der Waals surface area contributed by atoms with Gasteiger partial charge in [-0.2, -0.15) is 0 Å². The van der Waals surface area contributed by atoms with E-state index in [-0.39, 0.29) is 0 Å². The predicted molar refractivity (Wildman–Crippen MR) is 66.2 cm³/mol. The van der Waals surface area contributed by atoms with Gasteiger partial charge in [-0.1, -0.05) is 12.1 Å². The van der Waals surface area contributed by atoms with Crippen molar-refractivity contribution in [3.8, 4) is 5.75 Å². The van der Waals surface area contributed by atoms with Gasteiger partial charge < -0.3 is 9.72 Å². The maximum absolute atomic E-state index is 5.11.